The number of carboxylic acid groups (broad SMARTS) is 1. The molecule has 4 N–H and O–H groups in total. The van der Waals surface area contributed by atoms with Crippen molar-refractivity contribution in [2.24, 2.45) is 11.7 Å². The second-order valence-corrected chi connectivity index (χ2v) is 5.65. The number of nitrogens with one attached hydrogen (secondary N) is 1. The second-order valence-electron chi connectivity index (χ2n) is 5.65. The van der Waals surface area contributed by atoms with Gasteiger partial charge >= 0.3 is 5.97 Å². The van der Waals surface area contributed by atoms with Crippen LogP contribution in [-0.2, 0) is 14.3 Å². The number of rotatable bonds is 4. The van der Waals surface area contributed by atoms with Crippen LogP contribution in [0.5, 0.6) is 0 Å². The van der Waals surface area contributed by atoms with Crippen LogP contribution in [0.2, 0.25) is 0 Å². The fourth-order valence-electron chi connectivity index (χ4n) is 2.89. The number of aliphatic carboxylic acids is 1. The lowest BCUT2D eigenvalue weighted by molar-refractivity contribution is -0.144. The molecule has 0 aromatic heterocycles. The van der Waals surface area contributed by atoms with Crippen LogP contribution in [0.3, 0.4) is 0 Å². The van der Waals surface area contributed by atoms with Gasteiger partial charge in [-0.15, -0.1) is 0 Å². The van der Waals surface area contributed by atoms with Crippen molar-refractivity contribution in [3.8, 4) is 0 Å². The van der Waals surface area contributed by atoms with E-state index in [1.54, 1.807) is 0 Å². The first kappa shape index (κ1) is 14.3. The fraction of sp³-hybridized carbons (Fsp3) is 0.846. The van der Waals surface area contributed by atoms with Crippen LogP contribution >= 0.6 is 0 Å². The van der Waals surface area contributed by atoms with Gasteiger partial charge in [0.15, 0.2) is 0 Å². The van der Waals surface area contributed by atoms with Crippen molar-refractivity contribution < 1.29 is 19.4 Å². The van der Waals surface area contributed by atoms with E-state index < -0.39 is 23.5 Å². The number of amides is 1. The molecular formula is C13H22N2O4. The first-order valence-electron chi connectivity index (χ1n) is 6.93. The minimum atomic E-state index is -1.07. The number of nitrogens with two attached hydrogens (primary N) is 1. The Labute approximate surface area is 112 Å². The van der Waals surface area contributed by atoms with Crippen molar-refractivity contribution in [1.82, 2.24) is 5.32 Å². The lowest BCUT2D eigenvalue weighted by Crippen LogP contribution is -2.59. The van der Waals surface area contributed by atoms with Crippen LogP contribution in [0.15, 0.2) is 0 Å². The molecule has 2 fully saturated rings. The van der Waals surface area contributed by atoms with Crippen molar-refractivity contribution >= 4 is 11.9 Å². The summed E-state index contributed by atoms with van der Waals surface area (Å²) < 4.78 is 5.14. The summed E-state index contributed by atoms with van der Waals surface area (Å²) >= 11 is 0. The highest BCUT2D eigenvalue weighted by molar-refractivity contribution is 5.90. The highest BCUT2D eigenvalue weighted by atomic mass is 16.5. The third kappa shape index (κ3) is 3.25. The Balaban J connectivity index is 1.99. The monoisotopic (exact) mass is 270 g/mol. The molecule has 2 atom stereocenters. The average Bonchev–Trinajstić information content (AvgIpc) is 2.84. The van der Waals surface area contributed by atoms with Gasteiger partial charge in [0, 0.05) is 6.61 Å². The van der Waals surface area contributed by atoms with Crippen molar-refractivity contribution in [1.29, 1.82) is 0 Å². The molecule has 0 radical (unpaired) electrons. The zero-order chi connectivity index (χ0) is 13.9. The van der Waals surface area contributed by atoms with Gasteiger partial charge in [-0.05, 0) is 25.2 Å². The van der Waals surface area contributed by atoms with Crippen LogP contribution in [0.1, 0.15) is 38.5 Å². The number of hydrogen-bond acceptors (Lipinski definition) is 4. The SMILES string of the molecule is NC1(C(=O)NC(C(=O)O)C2CCCCC2)CCOC1. The molecule has 0 aromatic carbocycles. The van der Waals surface area contributed by atoms with Crippen LogP contribution in [0.25, 0.3) is 0 Å². The summed E-state index contributed by atoms with van der Waals surface area (Å²) in [5.41, 5.74) is 4.88. The summed E-state index contributed by atoms with van der Waals surface area (Å²) in [6, 6.07) is -0.825. The lowest BCUT2D eigenvalue weighted by Gasteiger charge is -2.30. The van der Waals surface area contributed by atoms with Crippen LogP contribution in [0, 0.1) is 5.92 Å². The Morgan fingerprint density at radius 2 is 2.00 bits per heavy atom. The summed E-state index contributed by atoms with van der Waals surface area (Å²) in [6.07, 6.45) is 5.35. The summed E-state index contributed by atoms with van der Waals surface area (Å²) in [6.45, 7) is 0.612. The van der Waals surface area contributed by atoms with E-state index in [1.807, 2.05) is 0 Å². The zero-order valence-corrected chi connectivity index (χ0v) is 11.1. The molecule has 1 heterocycles. The molecule has 1 amide bonds. The van der Waals surface area contributed by atoms with Gasteiger partial charge in [-0.2, -0.15) is 0 Å². The van der Waals surface area contributed by atoms with E-state index in [2.05, 4.69) is 5.32 Å². The van der Waals surface area contributed by atoms with Crippen molar-refractivity contribution in [2.45, 2.75) is 50.1 Å². The smallest absolute Gasteiger partial charge is 0.326 e. The van der Waals surface area contributed by atoms with Gasteiger partial charge in [0.2, 0.25) is 5.91 Å². The molecule has 1 aliphatic heterocycles. The van der Waals surface area contributed by atoms with Gasteiger partial charge in [0.05, 0.1) is 6.61 Å². The molecule has 0 aromatic rings. The molecule has 1 saturated heterocycles. The molecular weight excluding hydrogens is 248 g/mol. The summed E-state index contributed by atoms with van der Waals surface area (Å²) in [7, 11) is 0. The van der Waals surface area contributed by atoms with Gasteiger partial charge in [-0.25, -0.2) is 4.79 Å². The van der Waals surface area contributed by atoms with E-state index in [0.29, 0.717) is 13.0 Å². The Hall–Kier alpha value is -1.14. The maximum absolute atomic E-state index is 12.1. The molecule has 19 heavy (non-hydrogen) atoms. The van der Waals surface area contributed by atoms with Gasteiger partial charge in [-0.3, -0.25) is 4.79 Å². The topological polar surface area (TPSA) is 102 Å². The van der Waals surface area contributed by atoms with Gasteiger partial charge < -0.3 is 20.9 Å². The summed E-state index contributed by atoms with van der Waals surface area (Å²) in [4.78, 5) is 23.5. The second kappa shape index (κ2) is 5.88. The minimum Gasteiger partial charge on any atom is -0.480 e. The summed E-state index contributed by atoms with van der Waals surface area (Å²) in [5, 5.41) is 11.9. The van der Waals surface area contributed by atoms with Crippen molar-refractivity contribution in [3.05, 3.63) is 0 Å². The third-order valence-electron chi connectivity index (χ3n) is 4.18. The molecule has 6 nitrogen and oxygen atoms in total. The first-order valence-corrected chi connectivity index (χ1v) is 6.93. The van der Waals surface area contributed by atoms with Crippen molar-refractivity contribution in [3.63, 3.8) is 0 Å². The lowest BCUT2D eigenvalue weighted by atomic mass is 9.83. The van der Waals surface area contributed by atoms with Crippen molar-refractivity contribution in [2.75, 3.05) is 13.2 Å². The maximum atomic E-state index is 12.1. The van der Waals surface area contributed by atoms with Gasteiger partial charge in [0.25, 0.3) is 0 Å². The predicted octanol–water partition coefficient (Wildman–Crippen LogP) is 0.254. The Morgan fingerprint density at radius 3 is 2.53 bits per heavy atom. The van der Waals surface area contributed by atoms with E-state index in [0.717, 1.165) is 32.1 Å². The zero-order valence-electron chi connectivity index (χ0n) is 11.1. The highest BCUT2D eigenvalue weighted by Gasteiger charge is 2.41. The predicted molar refractivity (Wildman–Crippen MR) is 68.5 cm³/mol. The Kier molecular flexibility index (Phi) is 4.42. The number of hydrogen-bond donors (Lipinski definition) is 3. The number of ether oxygens (including phenoxy) is 1. The fourth-order valence-corrected chi connectivity index (χ4v) is 2.89. The van der Waals surface area contributed by atoms with E-state index >= 15 is 0 Å². The molecule has 2 aliphatic rings. The quantitative estimate of drug-likeness (QED) is 0.680. The normalized spacial score (nSPS) is 29.9. The molecule has 1 saturated carbocycles. The largest absolute Gasteiger partial charge is 0.480 e. The first-order chi connectivity index (χ1) is 9.03. The molecule has 0 bridgehead atoms. The number of carbonyl (C=O) groups excluding carboxylic acids is 1. The minimum absolute atomic E-state index is 0.0149. The number of carbonyl (C=O) groups is 2. The Bertz CT molecular complexity index is 347. The van der Waals surface area contributed by atoms with Gasteiger partial charge in [-0.1, -0.05) is 19.3 Å². The molecule has 2 rings (SSSR count). The molecule has 0 spiro atoms. The standard InChI is InChI=1S/C13H22N2O4/c14-13(6-7-19-8-13)12(18)15-10(11(16)17)9-4-2-1-3-5-9/h9-10H,1-8,14H2,(H,15,18)(H,16,17). The summed E-state index contributed by atoms with van der Waals surface area (Å²) in [5.74, 6) is -1.35. The Morgan fingerprint density at radius 1 is 1.32 bits per heavy atom. The maximum Gasteiger partial charge on any atom is 0.326 e. The van der Waals surface area contributed by atoms with E-state index in [9.17, 15) is 14.7 Å². The molecule has 6 heteroatoms. The van der Waals surface area contributed by atoms with E-state index in [-0.39, 0.29) is 12.5 Å². The van der Waals surface area contributed by atoms with Crippen LogP contribution in [0.4, 0.5) is 0 Å². The van der Waals surface area contributed by atoms with Crippen LogP contribution < -0.4 is 11.1 Å². The van der Waals surface area contributed by atoms with Gasteiger partial charge in [0.1, 0.15) is 11.6 Å². The molecule has 1 aliphatic carbocycles. The average molecular weight is 270 g/mol. The van der Waals surface area contributed by atoms with E-state index in [1.165, 1.54) is 0 Å². The van der Waals surface area contributed by atoms with Crippen LogP contribution in [-0.4, -0.2) is 41.8 Å². The third-order valence-corrected chi connectivity index (χ3v) is 4.18. The molecule has 2 unspecified atom stereocenters. The highest BCUT2D eigenvalue weighted by Crippen LogP contribution is 2.27. The number of carboxylic acids is 1. The van der Waals surface area contributed by atoms with E-state index in [4.69, 9.17) is 10.5 Å². The molecule has 108 valence electrons.